The van der Waals surface area contributed by atoms with Crippen LogP contribution in [0.15, 0.2) is 89.9 Å². The summed E-state index contributed by atoms with van der Waals surface area (Å²) >= 11 is 20.3. The van der Waals surface area contributed by atoms with Gasteiger partial charge in [-0.05, 0) is 29.3 Å². The Morgan fingerprint density at radius 1 is 0.925 bits per heavy atom. The number of hydrogen-bond donors (Lipinski definition) is 1. The first-order valence-corrected chi connectivity index (χ1v) is 19.9. The number of hydrogen-bond acceptors (Lipinski definition) is 8. The van der Waals surface area contributed by atoms with Crippen molar-refractivity contribution in [3.63, 3.8) is 0 Å². The number of carbonyl (C=O) groups is 2. The molecular formula is C39H40Cl3N3O7Si. The van der Waals surface area contributed by atoms with Gasteiger partial charge in [0.2, 0.25) is 12.0 Å². The lowest BCUT2D eigenvalue weighted by molar-refractivity contribution is -0.145. The number of carbonyl (C=O) groups excluding carboxylic acids is 2. The molecule has 5 rings (SSSR count). The first-order chi connectivity index (χ1) is 25.2. The van der Waals surface area contributed by atoms with E-state index in [0.29, 0.717) is 5.69 Å². The smallest absolute Gasteiger partial charge is 0.344 e. The fourth-order valence-electron chi connectivity index (χ4n) is 6.39. The van der Waals surface area contributed by atoms with E-state index in [9.17, 15) is 14.4 Å². The molecular weight excluding hydrogens is 757 g/mol. The van der Waals surface area contributed by atoms with Gasteiger partial charge in [0.15, 0.2) is 12.0 Å². The lowest BCUT2D eigenvalue weighted by Crippen LogP contribution is -2.67. The van der Waals surface area contributed by atoms with Crippen LogP contribution in [0.1, 0.15) is 33.4 Å². The van der Waals surface area contributed by atoms with Crippen LogP contribution >= 0.6 is 34.8 Å². The van der Waals surface area contributed by atoms with Gasteiger partial charge < -0.3 is 28.5 Å². The first kappa shape index (κ1) is 39.8. The molecule has 0 bridgehead atoms. The minimum Gasteiger partial charge on any atom is -0.482 e. The van der Waals surface area contributed by atoms with Gasteiger partial charge in [0.25, 0.3) is 14.2 Å². The average molecular weight is 797 g/mol. The topological polar surface area (TPSA) is 118 Å². The summed E-state index contributed by atoms with van der Waals surface area (Å²) in [6.45, 7) is 9.48. The van der Waals surface area contributed by atoms with Gasteiger partial charge >= 0.3 is 5.97 Å². The lowest BCUT2D eigenvalue weighted by atomic mass is 10.1. The zero-order valence-corrected chi connectivity index (χ0v) is 33.4. The van der Waals surface area contributed by atoms with Crippen LogP contribution in [-0.4, -0.2) is 62.7 Å². The van der Waals surface area contributed by atoms with Crippen LogP contribution in [0.2, 0.25) is 20.1 Å². The molecule has 14 heteroatoms. The minimum absolute atomic E-state index is 0.00257. The Morgan fingerprint density at radius 3 is 2.04 bits per heavy atom. The highest BCUT2D eigenvalue weighted by molar-refractivity contribution is 6.99. The van der Waals surface area contributed by atoms with Gasteiger partial charge in [-0.2, -0.15) is 0 Å². The van der Waals surface area contributed by atoms with Crippen LogP contribution in [-0.2, 0) is 18.8 Å². The zero-order chi connectivity index (χ0) is 38.5. The molecule has 0 aliphatic rings. The summed E-state index contributed by atoms with van der Waals surface area (Å²) in [5, 5.41) is 4.71. The third-order valence-electron chi connectivity index (χ3n) is 8.67. The number of amides is 1. The molecule has 0 saturated heterocycles. The standard InChI is InChI=1S/C39H40Cl3N3O7Si/c1-7-49-33(47)23-50-25-19-28(40)35(29(41)20-25)45-24(2)18-31(46)34-36(45)30(42)21-44-38(34)52-32(37(48)43-6)22-51-53(39(3,4)5,26-14-10-8-11-15-26)27-16-12-9-13-17-27/h8-21,32H,7,22-23H2,1-6H3,(H,43,48)/t32-/m0/s1. The van der Waals surface area contributed by atoms with Crippen molar-refractivity contribution in [2.24, 2.45) is 0 Å². The van der Waals surface area contributed by atoms with Gasteiger partial charge in [-0.1, -0.05) is 116 Å². The normalized spacial score (nSPS) is 12.3. The number of rotatable bonds is 13. The Morgan fingerprint density at radius 2 is 1.51 bits per heavy atom. The highest BCUT2D eigenvalue weighted by Gasteiger charge is 2.50. The first-order valence-electron chi connectivity index (χ1n) is 16.8. The molecule has 0 aliphatic carbocycles. The van der Waals surface area contributed by atoms with Gasteiger partial charge in [-0.15, -0.1) is 0 Å². The molecule has 0 fully saturated rings. The van der Waals surface area contributed by atoms with E-state index in [2.05, 4.69) is 55.3 Å². The number of likely N-dealkylation sites (N-methyl/N-ethyl adjacent to an activating group) is 1. The highest BCUT2D eigenvalue weighted by Crippen LogP contribution is 2.39. The molecule has 0 aliphatic heterocycles. The molecule has 278 valence electrons. The molecule has 2 heterocycles. The van der Waals surface area contributed by atoms with Crippen molar-refractivity contribution in [2.75, 3.05) is 26.9 Å². The zero-order valence-electron chi connectivity index (χ0n) is 30.2. The molecule has 5 aromatic rings. The molecule has 1 atom stereocenters. The third kappa shape index (κ3) is 8.24. The molecule has 0 spiro atoms. The Labute approximate surface area is 324 Å². The van der Waals surface area contributed by atoms with Crippen molar-refractivity contribution >= 4 is 76.3 Å². The molecule has 10 nitrogen and oxygen atoms in total. The molecule has 53 heavy (non-hydrogen) atoms. The third-order valence-corrected chi connectivity index (χ3v) is 14.5. The van der Waals surface area contributed by atoms with Crippen molar-refractivity contribution in [3.05, 3.63) is 116 Å². The van der Waals surface area contributed by atoms with Crippen molar-refractivity contribution in [3.8, 4) is 17.3 Å². The molecule has 0 radical (unpaired) electrons. The minimum atomic E-state index is -3.09. The van der Waals surface area contributed by atoms with Crippen molar-refractivity contribution in [2.45, 2.75) is 45.8 Å². The summed E-state index contributed by atoms with van der Waals surface area (Å²) in [5.74, 6) is -0.940. The maximum Gasteiger partial charge on any atom is 0.344 e. The second-order valence-electron chi connectivity index (χ2n) is 13.1. The maximum atomic E-state index is 13.8. The maximum absolute atomic E-state index is 13.8. The summed E-state index contributed by atoms with van der Waals surface area (Å²) < 4.78 is 25.5. The van der Waals surface area contributed by atoms with E-state index in [4.69, 9.17) is 53.4 Å². The van der Waals surface area contributed by atoms with Gasteiger partial charge in [-0.25, -0.2) is 9.78 Å². The molecule has 3 aromatic carbocycles. The fourth-order valence-corrected chi connectivity index (χ4v) is 11.8. The van der Waals surface area contributed by atoms with E-state index in [1.165, 1.54) is 31.4 Å². The predicted octanol–water partition coefficient (Wildman–Crippen LogP) is 6.67. The lowest BCUT2D eigenvalue weighted by Gasteiger charge is -2.43. The summed E-state index contributed by atoms with van der Waals surface area (Å²) in [6, 6.07) is 24.3. The van der Waals surface area contributed by atoms with Gasteiger partial charge in [0.05, 0.1) is 45.7 Å². The number of pyridine rings is 2. The Bertz CT molecular complexity index is 2120. The Balaban J connectivity index is 1.60. The second-order valence-corrected chi connectivity index (χ2v) is 18.7. The van der Waals surface area contributed by atoms with E-state index in [-0.39, 0.29) is 68.1 Å². The number of fused-ring (bicyclic) bond motifs is 1. The fraction of sp³-hybridized carbons (Fsp3) is 0.282. The van der Waals surface area contributed by atoms with E-state index in [0.717, 1.165) is 10.4 Å². The van der Waals surface area contributed by atoms with Gasteiger partial charge in [0, 0.05) is 30.9 Å². The van der Waals surface area contributed by atoms with Gasteiger partial charge in [-0.3, -0.25) is 9.59 Å². The Hall–Kier alpha value is -4.39. The predicted molar refractivity (Wildman–Crippen MR) is 211 cm³/mol. The van der Waals surface area contributed by atoms with Crippen LogP contribution in [0, 0.1) is 6.92 Å². The SMILES string of the molecule is CCOC(=O)COc1cc(Cl)c(-n2c(C)cc(=O)c3c(O[C@@H](CO[Si](c4ccccc4)(c4ccccc4)C(C)(C)C)C(=O)NC)ncc(Cl)c32)c(Cl)c1. The average Bonchev–Trinajstić information content (AvgIpc) is 3.12. The monoisotopic (exact) mass is 795 g/mol. The van der Waals surface area contributed by atoms with Crippen LogP contribution in [0.5, 0.6) is 11.6 Å². The Kier molecular flexibility index (Phi) is 12.6. The van der Waals surface area contributed by atoms with E-state index in [1.54, 1.807) is 18.4 Å². The molecule has 0 unspecified atom stereocenters. The summed E-state index contributed by atoms with van der Waals surface area (Å²) in [6.07, 6.45) is 0.104. The number of aryl methyl sites for hydroxylation is 1. The van der Waals surface area contributed by atoms with Crippen LogP contribution in [0.25, 0.3) is 16.6 Å². The van der Waals surface area contributed by atoms with E-state index in [1.807, 2.05) is 36.4 Å². The summed E-state index contributed by atoms with van der Waals surface area (Å²) in [7, 11) is -1.59. The number of halogens is 3. The van der Waals surface area contributed by atoms with Crippen molar-refractivity contribution in [1.29, 1.82) is 0 Å². The molecule has 0 saturated carbocycles. The number of ether oxygens (including phenoxy) is 3. The van der Waals surface area contributed by atoms with Crippen molar-refractivity contribution in [1.82, 2.24) is 14.9 Å². The molecule has 1 N–H and O–H groups in total. The number of esters is 1. The number of nitrogens with zero attached hydrogens (tertiary/aromatic N) is 2. The second kappa shape index (κ2) is 16.7. The quantitative estimate of drug-likeness (QED) is 0.104. The number of aromatic nitrogens is 2. The number of benzene rings is 3. The van der Waals surface area contributed by atoms with Crippen molar-refractivity contribution < 1.29 is 28.2 Å². The van der Waals surface area contributed by atoms with Crippen LogP contribution < -0.4 is 30.6 Å². The molecule has 2 aromatic heterocycles. The number of nitrogens with one attached hydrogen (secondary N) is 1. The summed E-state index contributed by atoms with van der Waals surface area (Å²) in [5.41, 5.74) is 0.484. The van der Waals surface area contributed by atoms with Gasteiger partial charge in [0.1, 0.15) is 11.1 Å². The summed E-state index contributed by atoms with van der Waals surface area (Å²) in [4.78, 5) is 43.6. The molecule has 1 amide bonds. The van der Waals surface area contributed by atoms with E-state index < -0.39 is 31.7 Å². The van der Waals surface area contributed by atoms with Crippen LogP contribution in [0.3, 0.4) is 0 Å². The largest absolute Gasteiger partial charge is 0.482 e. The highest BCUT2D eigenvalue weighted by atomic mass is 35.5. The van der Waals surface area contributed by atoms with Crippen LogP contribution in [0.4, 0.5) is 0 Å². The van der Waals surface area contributed by atoms with E-state index >= 15 is 0 Å².